The zero-order valence-electron chi connectivity index (χ0n) is 8.23. The number of amides is 1. The second-order valence-electron chi connectivity index (χ2n) is 3.14. The van der Waals surface area contributed by atoms with Gasteiger partial charge in [-0.25, -0.2) is 4.98 Å². The summed E-state index contributed by atoms with van der Waals surface area (Å²) in [6.07, 6.45) is 4.53. The maximum absolute atomic E-state index is 11.5. The summed E-state index contributed by atoms with van der Waals surface area (Å²) in [4.78, 5) is 28.3. The maximum atomic E-state index is 11.5. The van der Waals surface area contributed by atoms with Gasteiger partial charge in [0.1, 0.15) is 5.39 Å². The van der Waals surface area contributed by atoms with Gasteiger partial charge in [-0.3, -0.25) is 14.7 Å². The van der Waals surface area contributed by atoms with E-state index in [1.165, 1.54) is 6.33 Å². The zero-order valence-corrected chi connectivity index (χ0v) is 8.23. The summed E-state index contributed by atoms with van der Waals surface area (Å²) in [6, 6.07) is 0. The van der Waals surface area contributed by atoms with Gasteiger partial charge in [-0.1, -0.05) is 6.08 Å². The van der Waals surface area contributed by atoms with Gasteiger partial charge in [0.05, 0.1) is 12.0 Å². The Morgan fingerprint density at radius 3 is 3.12 bits per heavy atom. The molecule has 0 fully saturated rings. The number of primary amides is 1. The molecular weight excluding hydrogens is 210 g/mol. The molecule has 7 nitrogen and oxygen atoms in total. The number of aromatic amines is 2. The van der Waals surface area contributed by atoms with Gasteiger partial charge in [-0.05, 0) is 6.08 Å². The first-order valence-corrected chi connectivity index (χ1v) is 4.55. The van der Waals surface area contributed by atoms with Gasteiger partial charge < -0.3 is 10.7 Å². The van der Waals surface area contributed by atoms with Crippen LogP contribution in [-0.4, -0.2) is 26.1 Å². The number of rotatable bonds is 3. The summed E-state index contributed by atoms with van der Waals surface area (Å²) in [5.41, 5.74) is 5.54. The molecule has 7 heteroatoms. The lowest BCUT2D eigenvalue weighted by Crippen LogP contribution is -2.08. The Labute approximate surface area is 89.4 Å². The lowest BCUT2D eigenvalue weighted by atomic mass is 10.2. The van der Waals surface area contributed by atoms with Crippen LogP contribution in [0.2, 0.25) is 0 Å². The Kier molecular flexibility index (Phi) is 2.50. The molecule has 0 aromatic carbocycles. The molecule has 0 spiro atoms. The number of hydrogen-bond acceptors (Lipinski definition) is 4. The highest BCUT2D eigenvalue weighted by atomic mass is 16.1. The van der Waals surface area contributed by atoms with Gasteiger partial charge in [-0.2, -0.15) is 5.10 Å². The normalized spacial score (nSPS) is 11.2. The first kappa shape index (κ1) is 10.1. The summed E-state index contributed by atoms with van der Waals surface area (Å²) in [5.74, 6) is -0.438. The number of aromatic nitrogens is 4. The predicted octanol–water partition coefficient (Wildman–Crippen LogP) is -0.465. The van der Waals surface area contributed by atoms with E-state index in [0.717, 1.165) is 0 Å². The van der Waals surface area contributed by atoms with Crippen molar-refractivity contribution in [3.8, 4) is 0 Å². The highest BCUT2D eigenvalue weighted by Gasteiger charge is 2.06. The number of fused-ring (bicyclic) bond motifs is 1. The van der Waals surface area contributed by atoms with Crippen molar-refractivity contribution in [2.75, 3.05) is 0 Å². The molecule has 0 saturated carbocycles. The minimum Gasteiger partial charge on any atom is -0.369 e. The Hall–Kier alpha value is -2.44. The standard InChI is InChI=1S/C9H9N5O2/c10-6(15)3-1-2-5-7-8(14-13-5)11-4-12-9(7)16/h1-2,4H,3H2,(H2,10,15)(H2,11,12,13,14,16). The third kappa shape index (κ3) is 1.83. The van der Waals surface area contributed by atoms with Crippen LogP contribution in [0.25, 0.3) is 17.1 Å². The number of hydrogen-bond donors (Lipinski definition) is 3. The molecule has 0 unspecified atom stereocenters. The van der Waals surface area contributed by atoms with Crippen LogP contribution >= 0.6 is 0 Å². The van der Waals surface area contributed by atoms with Crippen molar-refractivity contribution in [2.45, 2.75) is 6.42 Å². The number of nitrogens with two attached hydrogens (primary N) is 1. The lowest BCUT2D eigenvalue weighted by Gasteiger charge is -1.88. The second-order valence-corrected chi connectivity index (χ2v) is 3.14. The van der Waals surface area contributed by atoms with E-state index in [0.29, 0.717) is 16.7 Å². The molecule has 0 aliphatic carbocycles. The minimum atomic E-state index is -0.438. The highest BCUT2D eigenvalue weighted by molar-refractivity contribution is 5.83. The van der Waals surface area contributed by atoms with E-state index < -0.39 is 5.91 Å². The molecular formula is C9H9N5O2. The van der Waals surface area contributed by atoms with Crippen molar-refractivity contribution in [1.29, 1.82) is 0 Å². The monoisotopic (exact) mass is 219 g/mol. The number of nitrogens with zero attached hydrogens (tertiary/aromatic N) is 2. The molecule has 0 bridgehead atoms. The predicted molar refractivity (Wildman–Crippen MR) is 57.4 cm³/mol. The minimum absolute atomic E-state index is 0.110. The maximum Gasteiger partial charge on any atom is 0.262 e. The van der Waals surface area contributed by atoms with Crippen LogP contribution in [0.15, 0.2) is 17.2 Å². The van der Waals surface area contributed by atoms with Crippen LogP contribution in [0, 0.1) is 0 Å². The largest absolute Gasteiger partial charge is 0.369 e. The van der Waals surface area contributed by atoms with Crippen LogP contribution in [0.5, 0.6) is 0 Å². The van der Waals surface area contributed by atoms with Crippen molar-refractivity contribution in [3.63, 3.8) is 0 Å². The van der Waals surface area contributed by atoms with E-state index in [9.17, 15) is 9.59 Å². The summed E-state index contributed by atoms with van der Waals surface area (Å²) >= 11 is 0. The van der Waals surface area contributed by atoms with Gasteiger partial charge in [0, 0.05) is 6.42 Å². The average molecular weight is 219 g/mol. The average Bonchev–Trinajstić information content (AvgIpc) is 2.62. The van der Waals surface area contributed by atoms with Crippen LogP contribution in [0.4, 0.5) is 0 Å². The van der Waals surface area contributed by atoms with Crippen LogP contribution in [0.1, 0.15) is 12.1 Å². The molecule has 2 aromatic heterocycles. The molecule has 16 heavy (non-hydrogen) atoms. The van der Waals surface area contributed by atoms with E-state index in [4.69, 9.17) is 5.73 Å². The summed E-state index contributed by atoms with van der Waals surface area (Å²) in [7, 11) is 0. The molecule has 0 aliphatic heterocycles. The van der Waals surface area contributed by atoms with Gasteiger partial charge >= 0.3 is 0 Å². The van der Waals surface area contributed by atoms with Crippen molar-refractivity contribution in [1.82, 2.24) is 20.2 Å². The SMILES string of the molecule is NC(=O)CC=Cc1[nH]nc2nc[nH]c(=O)c12. The quantitative estimate of drug-likeness (QED) is 0.647. The third-order valence-electron chi connectivity index (χ3n) is 1.99. The third-order valence-corrected chi connectivity index (χ3v) is 1.99. The fourth-order valence-corrected chi connectivity index (χ4v) is 1.30. The van der Waals surface area contributed by atoms with E-state index >= 15 is 0 Å². The Morgan fingerprint density at radius 1 is 1.56 bits per heavy atom. The molecule has 0 aliphatic rings. The molecule has 2 aromatic rings. The fourth-order valence-electron chi connectivity index (χ4n) is 1.30. The molecule has 4 N–H and O–H groups in total. The van der Waals surface area contributed by atoms with E-state index in [1.807, 2.05) is 0 Å². The Balaban J connectivity index is 2.42. The molecule has 0 saturated heterocycles. The van der Waals surface area contributed by atoms with E-state index in [1.54, 1.807) is 12.2 Å². The molecule has 0 atom stereocenters. The van der Waals surface area contributed by atoms with Crippen LogP contribution in [-0.2, 0) is 4.79 Å². The van der Waals surface area contributed by atoms with Crippen LogP contribution < -0.4 is 11.3 Å². The van der Waals surface area contributed by atoms with Gasteiger partial charge in [0.25, 0.3) is 5.56 Å². The Bertz CT molecular complexity index is 610. The Morgan fingerprint density at radius 2 is 2.38 bits per heavy atom. The summed E-state index contributed by atoms with van der Waals surface area (Å²) < 4.78 is 0. The van der Waals surface area contributed by atoms with Crippen molar-refractivity contribution in [2.24, 2.45) is 5.73 Å². The zero-order chi connectivity index (χ0) is 11.5. The number of carbonyl (C=O) groups is 1. The number of H-pyrrole nitrogens is 2. The first-order chi connectivity index (χ1) is 7.68. The van der Waals surface area contributed by atoms with Gasteiger partial charge in [-0.15, -0.1) is 0 Å². The summed E-state index contributed by atoms with van der Waals surface area (Å²) in [6.45, 7) is 0. The molecule has 0 radical (unpaired) electrons. The first-order valence-electron chi connectivity index (χ1n) is 4.55. The molecule has 1 amide bonds. The number of carbonyl (C=O) groups excluding carboxylic acids is 1. The van der Waals surface area contributed by atoms with E-state index in [-0.39, 0.29) is 12.0 Å². The highest BCUT2D eigenvalue weighted by Crippen LogP contribution is 2.09. The molecule has 82 valence electrons. The van der Waals surface area contributed by atoms with Crippen molar-refractivity contribution < 1.29 is 4.79 Å². The summed E-state index contributed by atoms with van der Waals surface area (Å²) in [5, 5.41) is 6.87. The molecule has 2 heterocycles. The van der Waals surface area contributed by atoms with Crippen molar-refractivity contribution >= 4 is 23.0 Å². The van der Waals surface area contributed by atoms with Gasteiger partial charge in [0.2, 0.25) is 5.91 Å². The van der Waals surface area contributed by atoms with Crippen LogP contribution in [0.3, 0.4) is 0 Å². The van der Waals surface area contributed by atoms with Gasteiger partial charge in [0.15, 0.2) is 5.65 Å². The fraction of sp³-hybridized carbons (Fsp3) is 0.111. The topological polar surface area (TPSA) is 118 Å². The lowest BCUT2D eigenvalue weighted by molar-refractivity contribution is -0.117. The second kappa shape index (κ2) is 3.97. The number of nitrogens with one attached hydrogen (secondary N) is 2. The smallest absolute Gasteiger partial charge is 0.262 e. The molecule has 2 rings (SSSR count). The van der Waals surface area contributed by atoms with E-state index in [2.05, 4.69) is 20.2 Å². The van der Waals surface area contributed by atoms with Crippen molar-refractivity contribution in [3.05, 3.63) is 28.5 Å².